The van der Waals surface area contributed by atoms with Gasteiger partial charge in [-0.2, -0.15) is 0 Å². The summed E-state index contributed by atoms with van der Waals surface area (Å²) in [6, 6.07) is 10.3. The van der Waals surface area contributed by atoms with E-state index in [0.717, 1.165) is 3.57 Å². The summed E-state index contributed by atoms with van der Waals surface area (Å²) in [5.41, 5.74) is 0.759. The normalized spacial score (nSPS) is 9.94. The van der Waals surface area contributed by atoms with Gasteiger partial charge in [-0.3, -0.25) is 9.59 Å². The first-order valence-electron chi connectivity index (χ1n) is 4.91. The number of carbonyl (C=O) groups excluding carboxylic acids is 1. The van der Waals surface area contributed by atoms with E-state index >= 15 is 0 Å². The van der Waals surface area contributed by atoms with Gasteiger partial charge in [0.2, 0.25) is 5.56 Å². The molecular formula is C12H9IN2O2. The van der Waals surface area contributed by atoms with Crippen LogP contribution in [0.25, 0.3) is 0 Å². The van der Waals surface area contributed by atoms with Gasteiger partial charge in [0.15, 0.2) is 0 Å². The van der Waals surface area contributed by atoms with Gasteiger partial charge in [0.1, 0.15) is 0 Å². The molecule has 0 unspecified atom stereocenters. The molecule has 17 heavy (non-hydrogen) atoms. The highest BCUT2D eigenvalue weighted by atomic mass is 127. The third-order valence-electron chi connectivity index (χ3n) is 2.12. The third kappa shape index (κ3) is 3.16. The minimum Gasteiger partial charge on any atom is -0.329 e. The maximum absolute atomic E-state index is 11.8. The first-order chi connectivity index (χ1) is 8.15. The van der Waals surface area contributed by atoms with Crippen LogP contribution in [-0.4, -0.2) is 10.9 Å². The third-order valence-corrected chi connectivity index (χ3v) is 2.79. The number of hydrogen-bond donors (Lipinski definition) is 2. The molecule has 0 radical (unpaired) electrons. The molecule has 0 aliphatic heterocycles. The van der Waals surface area contributed by atoms with Crippen LogP contribution >= 0.6 is 22.6 Å². The van der Waals surface area contributed by atoms with Crippen molar-refractivity contribution in [2.75, 3.05) is 5.32 Å². The first-order valence-corrected chi connectivity index (χ1v) is 5.99. The van der Waals surface area contributed by atoms with Gasteiger partial charge in [0.05, 0.1) is 0 Å². The van der Waals surface area contributed by atoms with E-state index in [4.69, 9.17) is 0 Å². The van der Waals surface area contributed by atoms with Gasteiger partial charge in [-0.1, -0.05) is 6.07 Å². The quantitative estimate of drug-likeness (QED) is 0.824. The van der Waals surface area contributed by atoms with Crippen LogP contribution in [0.5, 0.6) is 0 Å². The molecule has 1 aromatic carbocycles. The Labute approximate surface area is 111 Å². The van der Waals surface area contributed by atoms with Gasteiger partial charge < -0.3 is 10.3 Å². The van der Waals surface area contributed by atoms with E-state index in [2.05, 4.69) is 32.9 Å². The van der Waals surface area contributed by atoms with Gasteiger partial charge >= 0.3 is 0 Å². The fourth-order valence-electron chi connectivity index (χ4n) is 1.36. The Balaban J connectivity index is 2.20. The Hall–Kier alpha value is -1.63. The van der Waals surface area contributed by atoms with Crippen molar-refractivity contribution in [1.82, 2.24) is 4.98 Å². The monoisotopic (exact) mass is 340 g/mol. The number of rotatable bonds is 2. The van der Waals surface area contributed by atoms with E-state index in [1.807, 2.05) is 18.2 Å². The van der Waals surface area contributed by atoms with Crippen LogP contribution in [0.15, 0.2) is 47.4 Å². The molecule has 0 bridgehead atoms. The first kappa shape index (κ1) is 11.8. The van der Waals surface area contributed by atoms with Crippen molar-refractivity contribution in [3.8, 4) is 0 Å². The van der Waals surface area contributed by atoms with Crippen molar-refractivity contribution in [3.63, 3.8) is 0 Å². The number of aromatic nitrogens is 1. The largest absolute Gasteiger partial charge is 0.329 e. The van der Waals surface area contributed by atoms with Crippen molar-refractivity contribution in [3.05, 3.63) is 62.1 Å². The Morgan fingerprint density at radius 1 is 1.24 bits per heavy atom. The summed E-state index contributed by atoms with van der Waals surface area (Å²) >= 11 is 2.17. The maximum atomic E-state index is 11.8. The predicted molar refractivity (Wildman–Crippen MR) is 74.2 cm³/mol. The zero-order chi connectivity index (χ0) is 12.3. The van der Waals surface area contributed by atoms with Crippen LogP contribution in [0.1, 0.15) is 10.4 Å². The lowest BCUT2D eigenvalue weighted by atomic mass is 10.2. The molecule has 0 aliphatic carbocycles. The second-order valence-electron chi connectivity index (χ2n) is 3.41. The summed E-state index contributed by atoms with van der Waals surface area (Å²) in [6.45, 7) is 0. The highest BCUT2D eigenvalue weighted by molar-refractivity contribution is 14.1. The van der Waals surface area contributed by atoms with Crippen LogP contribution in [0.3, 0.4) is 0 Å². The molecule has 2 N–H and O–H groups in total. The van der Waals surface area contributed by atoms with Crippen molar-refractivity contribution in [2.24, 2.45) is 0 Å². The number of halogens is 1. The minimum atomic E-state index is -0.293. The Bertz CT molecular complexity index is 607. The topological polar surface area (TPSA) is 62.0 Å². The molecule has 86 valence electrons. The van der Waals surface area contributed by atoms with Crippen LogP contribution in [0.2, 0.25) is 0 Å². The molecule has 2 aromatic rings. The molecule has 0 saturated carbocycles. The number of H-pyrrole nitrogens is 1. The van der Waals surface area contributed by atoms with Crippen LogP contribution < -0.4 is 10.9 Å². The fourth-order valence-corrected chi connectivity index (χ4v) is 1.90. The Kier molecular flexibility index (Phi) is 3.58. The summed E-state index contributed by atoms with van der Waals surface area (Å²) in [4.78, 5) is 25.3. The van der Waals surface area contributed by atoms with Gasteiger partial charge in [-0.05, 0) is 46.9 Å². The van der Waals surface area contributed by atoms with Crippen molar-refractivity contribution < 1.29 is 4.79 Å². The number of amides is 1. The molecule has 1 aromatic heterocycles. The standard InChI is InChI=1S/C12H9IN2O2/c13-9-2-1-3-10(7-9)15-12(17)8-4-5-14-11(16)6-8/h1-7H,(H,14,16)(H,15,17). The molecule has 0 aliphatic rings. The van der Waals surface area contributed by atoms with E-state index in [-0.39, 0.29) is 11.5 Å². The molecule has 0 spiro atoms. The predicted octanol–water partition coefficient (Wildman–Crippen LogP) is 2.23. The van der Waals surface area contributed by atoms with E-state index in [1.165, 1.54) is 12.3 Å². The van der Waals surface area contributed by atoms with Crippen LogP contribution in [-0.2, 0) is 0 Å². The summed E-state index contributed by atoms with van der Waals surface area (Å²) < 4.78 is 1.03. The van der Waals surface area contributed by atoms with Crippen LogP contribution in [0, 0.1) is 3.57 Å². The number of aromatic amines is 1. The average Bonchev–Trinajstić information content (AvgIpc) is 2.29. The van der Waals surface area contributed by atoms with Crippen molar-refractivity contribution in [1.29, 1.82) is 0 Å². The van der Waals surface area contributed by atoms with E-state index < -0.39 is 0 Å². The summed E-state index contributed by atoms with van der Waals surface area (Å²) in [5.74, 6) is -0.293. The lowest BCUT2D eigenvalue weighted by Gasteiger charge is -2.04. The zero-order valence-corrected chi connectivity index (χ0v) is 10.9. The van der Waals surface area contributed by atoms with Gasteiger partial charge in [0.25, 0.3) is 5.91 Å². The lowest BCUT2D eigenvalue weighted by Crippen LogP contribution is -2.15. The van der Waals surface area contributed by atoms with E-state index in [0.29, 0.717) is 11.3 Å². The molecule has 0 fully saturated rings. The summed E-state index contributed by atoms with van der Waals surface area (Å²) in [6.07, 6.45) is 1.45. The van der Waals surface area contributed by atoms with Gasteiger partial charge in [-0.25, -0.2) is 0 Å². The van der Waals surface area contributed by atoms with Crippen molar-refractivity contribution in [2.45, 2.75) is 0 Å². The fraction of sp³-hybridized carbons (Fsp3) is 0. The number of nitrogens with one attached hydrogen (secondary N) is 2. The summed E-state index contributed by atoms with van der Waals surface area (Å²) in [7, 11) is 0. The lowest BCUT2D eigenvalue weighted by molar-refractivity contribution is 0.102. The minimum absolute atomic E-state index is 0.291. The molecular weight excluding hydrogens is 331 g/mol. The van der Waals surface area contributed by atoms with E-state index in [9.17, 15) is 9.59 Å². The van der Waals surface area contributed by atoms with E-state index in [1.54, 1.807) is 12.1 Å². The Morgan fingerprint density at radius 3 is 2.76 bits per heavy atom. The molecule has 1 heterocycles. The maximum Gasteiger partial charge on any atom is 0.255 e. The molecule has 1 amide bonds. The number of anilines is 1. The highest BCUT2D eigenvalue weighted by Crippen LogP contribution is 2.13. The van der Waals surface area contributed by atoms with Crippen LogP contribution in [0.4, 0.5) is 5.69 Å². The second-order valence-corrected chi connectivity index (χ2v) is 4.65. The SMILES string of the molecule is O=C(Nc1cccc(I)c1)c1cc[nH]c(=O)c1. The smallest absolute Gasteiger partial charge is 0.255 e. The number of pyridine rings is 1. The Morgan fingerprint density at radius 2 is 2.06 bits per heavy atom. The summed E-state index contributed by atoms with van der Waals surface area (Å²) in [5, 5.41) is 2.73. The van der Waals surface area contributed by atoms with Gasteiger partial charge in [0, 0.05) is 27.1 Å². The molecule has 0 saturated heterocycles. The van der Waals surface area contributed by atoms with Gasteiger partial charge in [-0.15, -0.1) is 0 Å². The number of hydrogen-bond acceptors (Lipinski definition) is 2. The molecule has 2 rings (SSSR count). The molecule has 5 heteroatoms. The number of carbonyl (C=O) groups is 1. The van der Waals surface area contributed by atoms with Crippen molar-refractivity contribution >= 4 is 34.2 Å². The molecule has 0 atom stereocenters. The second kappa shape index (κ2) is 5.13. The average molecular weight is 340 g/mol. The molecule has 4 nitrogen and oxygen atoms in total. The zero-order valence-electron chi connectivity index (χ0n) is 8.74. The highest BCUT2D eigenvalue weighted by Gasteiger charge is 2.06. The number of benzene rings is 1.